The second-order valence-electron chi connectivity index (χ2n) is 5.80. The number of methoxy groups -OCH3 is 1. The molecule has 1 aromatic rings. The van der Waals surface area contributed by atoms with E-state index in [0.29, 0.717) is 5.92 Å². The molecule has 0 bridgehead atoms. The molecule has 1 aliphatic carbocycles. The Hall–Kier alpha value is -1.03. The highest BCUT2D eigenvalue weighted by molar-refractivity contribution is 9.10. The zero-order valence-corrected chi connectivity index (χ0v) is 14.6. The summed E-state index contributed by atoms with van der Waals surface area (Å²) >= 11 is 3.39. The number of rotatable bonds is 4. The third-order valence-corrected chi connectivity index (χ3v) is 4.83. The first-order chi connectivity index (χ1) is 10.0. The van der Waals surface area contributed by atoms with Crippen LogP contribution >= 0.6 is 15.9 Å². The Morgan fingerprint density at radius 2 is 2.10 bits per heavy atom. The maximum Gasteiger partial charge on any atom is 0.236 e. The lowest BCUT2D eigenvalue weighted by molar-refractivity contribution is -0.131. The quantitative estimate of drug-likeness (QED) is 0.766. The molecular weight excluding hydrogens is 330 g/mol. The summed E-state index contributed by atoms with van der Waals surface area (Å²) in [5.74, 6) is 1.45. The van der Waals surface area contributed by atoms with E-state index in [0.717, 1.165) is 18.6 Å². The van der Waals surface area contributed by atoms with Gasteiger partial charge < -0.3 is 9.64 Å². The van der Waals surface area contributed by atoms with Gasteiger partial charge in [0.05, 0.1) is 11.9 Å². The molecule has 2 rings (SSSR count). The number of carbonyl (C=O) groups is 1. The first kappa shape index (κ1) is 16.3. The van der Waals surface area contributed by atoms with Crippen molar-refractivity contribution in [3.05, 3.63) is 29.8 Å². The lowest BCUT2D eigenvalue weighted by Crippen LogP contribution is -2.44. The van der Waals surface area contributed by atoms with Crippen molar-refractivity contribution in [2.45, 2.75) is 49.4 Å². The molecule has 116 valence electrons. The largest absolute Gasteiger partial charge is 0.497 e. The highest BCUT2D eigenvalue weighted by atomic mass is 79.9. The van der Waals surface area contributed by atoms with Crippen LogP contribution in [0.5, 0.6) is 5.75 Å². The molecule has 1 unspecified atom stereocenters. The second-order valence-corrected chi connectivity index (χ2v) is 7.17. The molecule has 0 spiro atoms. The average Bonchev–Trinajstić information content (AvgIpc) is 2.53. The number of hydrogen-bond acceptors (Lipinski definition) is 2. The van der Waals surface area contributed by atoms with Crippen LogP contribution in [0.4, 0.5) is 0 Å². The minimum Gasteiger partial charge on any atom is -0.497 e. The van der Waals surface area contributed by atoms with Gasteiger partial charge in [0.1, 0.15) is 5.75 Å². The molecule has 1 aromatic carbocycles. The van der Waals surface area contributed by atoms with Crippen molar-refractivity contribution in [2.75, 3.05) is 14.2 Å². The zero-order valence-electron chi connectivity index (χ0n) is 13.0. The van der Waals surface area contributed by atoms with E-state index in [2.05, 4.69) is 28.1 Å². The molecule has 0 N–H and O–H groups in total. The molecule has 1 saturated carbocycles. The van der Waals surface area contributed by atoms with E-state index in [9.17, 15) is 4.79 Å². The van der Waals surface area contributed by atoms with Crippen molar-refractivity contribution in [1.82, 2.24) is 4.90 Å². The van der Waals surface area contributed by atoms with E-state index in [1.165, 1.54) is 18.4 Å². The van der Waals surface area contributed by atoms with Crippen LogP contribution in [0, 0.1) is 0 Å². The number of nitrogens with zero attached hydrogens (tertiary/aromatic N) is 1. The molecule has 1 amide bonds. The van der Waals surface area contributed by atoms with E-state index < -0.39 is 0 Å². The molecular formula is C17H24BrNO2. The first-order valence-electron chi connectivity index (χ1n) is 7.59. The fourth-order valence-electron chi connectivity index (χ4n) is 3.28. The number of likely N-dealkylation sites (N-methyl/N-ethyl adjacent to an activating group) is 1. The fourth-order valence-corrected chi connectivity index (χ4v) is 3.60. The number of benzene rings is 1. The molecule has 1 aliphatic rings. The maximum atomic E-state index is 12.3. The standard InChI is InChI=1S/C17H24BrNO2/c1-12(18)17(20)19(2)16-10-5-4-9-15(16)13-7-6-8-14(11-13)21-3/h6-8,11-12,15-16H,4-5,9-10H2,1-3H3/t12?,15-,16-/m1/s1. The van der Waals surface area contributed by atoms with Crippen LogP contribution in [0.15, 0.2) is 24.3 Å². The van der Waals surface area contributed by atoms with E-state index in [1.54, 1.807) is 7.11 Å². The molecule has 1 fully saturated rings. The third kappa shape index (κ3) is 3.79. The average molecular weight is 354 g/mol. The highest BCUT2D eigenvalue weighted by Gasteiger charge is 2.32. The van der Waals surface area contributed by atoms with Crippen molar-refractivity contribution in [2.24, 2.45) is 0 Å². The van der Waals surface area contributed by atoms with Crippen molar-refractivity contribution in [1.29, 1.82) is 0 Å². The number of amides is 1. The Labute approximate surface area is 135 Å². The van der Waals surface area contributed by atoms with Crippen LogP contribution in [0.2, 0.25) is 0 Å². The minimum absolute atomic E-state index is 0.129. The van der Waals surface area contributed by atoms with Gasteiger partial charge in [0.15, 0.2) is 0 Å². The van der Waals surface area contributed by atoms with Gasteiger partial charge in [-0.1, -0.05) is 40.9 Å². The van der Waals surface area contributed by atoms with Crippen LogP contribution in [0.25, 0.3) is 0 Å². The second kappa shape index (κ2) is 7.30. The number of ether oxygens (including phenoxy) is 1. The van der Waals surface area contributed by atoms with Crippen LogP contribution < -0.4 is 4.74 Å². The van der Waals surface area contributed by atoms with Crippen LogP contribution in [-0.4, -0.2) is 35.8 Å². The monoisotopic (exact) mass is 353 g/mol. The lowest BCUT2D eigenvalue weighted by atomic mass is 9.79. The molecule has 0 aliphatic heterocycles. The van der Waals surface area contributed by atoms with Gasteiger partial charge in [0.25, 0.3) is 0 Å². The van der Waals surface area contributed by atoms with Crippen molar-refractivity contribution in [3.63, 3.8) is 0 Å². The predicted octanol–water partition coefficient (Wildman–Crippen LogP) is 3.96. The van der Waals surface area contributed by atoms with Gasteiger partial charge in [-0.2, -0.15) is 0 Å². The minimum atomic E-state index is -0.129. The Balaban J connectivity index is 2.24. The van der Waals surface area contributed by atoms with E-state index >= 15 is 0 Å². The van der Waals surface area contributed by atoms with Crippen molar-refractivity contribution in [3.8, 4) is 5.75 Å². The summed E-state index contributed by atoms with van der Waals surface area (Å²) in [4.78, 5) is 14.1. The molecule has 21 heavy (non-hydrogen) atoms. The lowest BCUT2D eigenvalue weighted by Gasteiger charge is -2.39. The summed E-state index contributed by atoms with van der Waals surface area (Å²) < 4.78 is 5.34. The van der Waals surface area contributed by atoms with Gasteiger partial charge >= 0.3 is 0 Å². The fraction of sp³-hybridized carbons (Fsp3) is 0.588. The molecule has 3 atom stereocenters. The number of halogens is 1. The predicted molar refractivity (Wildman–Crippen MR) is 89.2 cm³/mol. The van der Waals surface area contributed by atoms with E-state index in [1.807, 2.05) is 31.0 Å². The van der Waals surface area contributed by atoms with Crippen LogP contribution in [-0.2, 0) is 4.79 Å². The SMILES string of the molecule is COc1cccc([C@H]2CCCC[C@H]2N(C)C(=O)C(C)Br)c1. The zero-order chi connectivity index (χ0) is 15.4. The summed E-state index contributed by atoms with van der Waals surface area (Å²) in [5, 5.41) is 0. The molecule has 0 radical (unpaired) electrons. The summed E-state index contributed by atoms with van der Waals surface area (Å²) in [5.41, 5.74) is 1.28. The maximum absolute atomic E-state index is 12.3. The molecule has 0 aromatic heterocycles. The summed E-state index contributed by atoms with van der Waals surface area (Å²) in [7, 11) is 3.63. The topological polar surface area (TPSA) is 29.5 Å². The molecule has 4 heteroatoms. The molecule has 3 nitrogen and oxygen atoms in total. The van der Waals surface area contributed by atoms with E-state index in [-0.39, 0.29) is 16.8 Å². The van der Waals surface area contributed by atoms with Crippen molar-refractivity contribution < 1.29 is 9.53 Å². The normalized spacial score (nSPS) is 23.4. The van der Waals surface area contributed by atoms with E-state index in [4.69, 9.17) is 4.74 Å². The van der Waals surface area contributed by atoms with Gasteiger partial charge in [-0.3, -0.25) is 4.79 Å². The molecule has 0 heterocycles. The third-order valence-electron chi connectivity index (χ3n) is 4.44. The van der Waals surface area contributed by atoms with Crippen molar-refractivity contribution >= 4 is 21.8 Å². The smallest absolute Gasteiger partial charge is 0.236 e. The number of carbonyl (C=O) groups excluding carboxylic acids is 1. The van der Waals surface area contributed by atoms with Gasteiger partial charge in [-0.15, -0.1) is 0 Å². The van der Waals surface area contributed by atoms with Gasteiger partial charge in [-0.05, 0) is 37.5 Å². The Kier molecular flexibility index (Phi) is 5.68. The first-order valence-corrected chi connectivity index (χ1v) is 8.51. The number of alkyl halides is 1. The summed E-state index contributed by atoms with van der Waals surface area (Å²) in [6.07, 6.45) is 4.62. The Morgan fingerprint density at radius 1 is 1.38 bits per heavy atom. The Morgan fingerprint density at radius 3 is 2.76 bits per heavy atom. The van der Waals surface area contributed by atoms with Crippen LogP contribution in [0.1, 0.15) is 44.1 Å². The number of hydrogen-bond donors (Lipinski definition) is 0. The van der Waals surface area contributed by atoms with Gasteiger partial charge in [0, 0.05) is 19.0 Å². The van der Waals surface area contributed by atoms with Gasteiger partial charge in [-0.25, -0.2) is 0 Å². The highest BCUT2D eigenvalue weighted by Crippen LogP contribution is 2.37. The van der Waals surface area contributed by atoms with Crippen LogP contribution in [0.3, 0.4) is 0 Å². The summed E-state index contributed by atoms with van der Waals surface area (Å²) in [6, 6.07) is 8.55. The Bertz CT molecular complexity index is 489. The molecule has 0 saturated heterocycles. The summed E-state index contributed by atoms with van der Waals surface area (Å²) in [6.45, 7) is 1.89. The van der Waals surface area contributed by atoms with Gasteiger partial charge in [0.2, 0.25) is 5.91 Å².